The fourth-order valence-corrected chi connectivity index (χ4v) is 3.59. The van der Waals surface area contributed by atoms with Crippen molar-refractivity contribution in [3.63, 3.8) is 0 Å². The van der Waals surface area contributed by atoms with Crippen LogP contribution in [-0.4, -0.2) is 15.0 Å². The van der Waals surface area contributed by atoms with E-state index in [4.69, 9.17) is 17.3 Å². The van der Waals surface area contributed by atoms with Crippen molar-refractivity contribution in [1.29, 1.82) is 0 Å². The molecule has 0 heterocycles. The predicted molar refractivity (Wildman–Crippen MR) is 73.0 cm³/mol. The van der Waals surface area contributed by atoms with Crippen LogP contribution < -0.4 is 10.5 Å². The van der Waals surface area contributed by atoms with Crippen LogP contribution in [0.1, 0.15) is 25.7 Å². The topological polar surface area (TPSA) is 72.2 Å². The molecule has 0 amide bonds. The van der Waals surface area contributed by atoms with Gasteiger partial charge in [0.2, 0.25) is 10.0 Å². The zero-order valence-corrected chi connectivity index (χ0v) is 11.6. The number of hydrogen-bond acceptors (Lipinski definition) is 3. The molecule has 1 aromatic carbocycles. The third-order valence-electron chi connectivity index (χ3n) is 3.31. The van der Waals surface area contributed by atoms with Gasteiger partial charge in [-0.1, -0.05) is 30.9 Å². The highest BCUT2D eigenvalue weighted by molar-refractivity contribution is 7.89. The van der Waals surface area contributed by atoms with E-state index in [1.165, 1.54) is 37.5 Å². The summed E-state index contributed by atoms with van der Waals surface area (Å²) in [5.74, 6) is 0.676. The number of nitrogens with one attached hydrogen (secondary N) is 1. The highest BCUT2D eigenvalue weighted by Crippen LogP contribution is 2.29. The van der Waals surface area contributed by atoms with Crippen molar-refractivity contribution in [2.45, 2.75) is 30.6 Å². The Kier molecular flexibility index (Phi) is 4.14. The molecule has 0 radical (unpaired) electrons. The molecule has 3 N–H and O–H groups in total. The van der Waals surface area contributed by atoms with Crippen LogP contribution in [-0.2, 0) is 10.0 Å². The van der Waals surface area contributed by atoms with Gasteiger partial charge in [0, 0.05) is 12.2 Å². The van der Waals surface area contributed by atoms with Crippen LogP contribution in [0.2, 0.25) is 5.02 Å². The molecule has 1 saturated carbocycles. The standard InChI is InChI=1S/C12H17ClN2O2S/c13-11-8-10(14)4-5-12(11)18(16,17)15-7-6-9-2-1-3-9/h4-5,8-9,15H,1-3,6-7,14H2. The monoisotopic (exact) mass is 288 g/mol. The summed E-state index contributed by atoms with van der Waals surface area (Å²) in [7, 11) is -3.53. The maximum absolute atomic E-state index is 12.0. The summed E-state index contributed by atoms with van der Waals surface area (Å²) in [6, 6.07) is 4.41. The summed E-state index contributed by atoms with van der Waals surface area (Å²) in [6.07, 6.45) is 4.59. The van der Waals surface area contributed by atoms with Crippen LogP contribution in [0, 0.1) is 5.92 Å². The lowest BCUT2D eigenvalue weighted by Gasteiger charge is -2.25. The molecule has 0 unspecified atom stereocenters. The third kappa shape index (κ3) is 3.16. The molecule has 0 bridgehead atoms. The Hall–Kier alpha value is -0.780. The Morgan fingerprint density at radius 2 is 2.11 bits per heavy atom. The minimum Gasteiger partial charge on any atom is -0.399 e. The van der Waals surface area contributed by atoms with Crippen molar-refractivity contribution in [1.82, 2.24) is 4.72 Å². The van der Waals surface area contributed by atoms with Gasteiger partial charge in [0.05, 0.1) is 5.02 Å². The zero-order valence-electron chi connectivity index (χ0n) is 10.0. The Balaban J connectivity index is 2.00. The smallest absolute Gasteiger partial charge is 0.242 e. The van der Waals surface area contributed by atoms with Gasteiger partial charge in [0.1, 0.15) is 4.90 Å². The van der Waals surface area contributed by atoms with Gasteiger partial charge in [-0.3, -0.25) is 0 Å². The number of hydrogen-bond donors (Lipinski definition) is 2. The molecule has 0 aromatic heterocycles. The van der Waals surface area contributed by atoms with Crippen molar-refractivity contribution < 1.29 is 8.42 Å². The molecule has 2 rings (SSSR count). The molecule has 0 saturated heterocycles. The number of benzene rings is 1. The van der Waals surface area contributed by atoms with Crippen LogP contribution in [0.3, 0.4) is 0 Å². The number of nitrogens with two attached hydrogens (primary N) is 1. The number of nitrogen functional groups attached to an aromatic ring is 1. The van der Waals surface area contributed by atoms with Gasteiger partial charge in [-0.05, 0) is 30.5 Å². The molecule has 1 aliphatic carbocycles. The largest absolute Gasteiger partial charge is 0.399 e. The van der Waals surface area contributed by atoms with Gasteiger partial charge >= 0.3 is 0 Å². The van der Waals surface area contributed by atoms with Gasteiger partial charge in [0.15, 0.2) is 0 Å². The number of halogens is 1. The van der Waals surface area contributed by atoms with E-state index in [-0.39, 0.29) is 9.92 Å². The van der Waals surface area contributed by atoms with Crippen molar-refractivity contribution in [2.24, 2.45) is 5.92 Å². The predicted octanol–water partition coefficient (Wildman–Crippen LogP) is 2.39. The molecule has 4 nitrogen and oxygen atoms in total. The number of rotatable bonds is 5. The van der Waals surface area contributed by atoms with E-state index in [2.05, 4.69) is 4.72 Å². The summed E-state index contributed by atoms with van der Waals surface area (Å²) >= 11 is 5.89. The lowest BCUT2D eigenvalue weighted by Crippen LogP contribution is -2.27. The Morgan fingerprint density at radius 3 is 2.67 bits per heavy atom. The first-order valence-corrected chi connectivity index (χ1v) is 7.90. The quantitative estimate of drug-likeness (QED) is 0.817. The molecular weight excluding hydrogens is 272 g/mol. The Labute approximate surface area is 113 Å². The first-order valence-electron chi connectivity index (χ1n) is 6.04. The molecule has 1 aromatic rings. The molecule has 18 heavy (non-hydrogen) atoms. The maximum Gasteiger partial charge on any atom is 0.242 e. The van der Waals surface area contributed by atoms with E-state index in [1.54, 1.807) is 0 Å². The molecular formula is C12H17ClN2O2S. The third-order valence-corrected chi connectivity index (χ3v) is 5.26. The first-order chi connectivity index (χ1) is 8.49. The lowest BCUT2D eigenvalue weighted by atomic mass is 9.83. The Bertz CT molecular complexity index is 527. The Morgan fingerprint density at radius 1 is 1.39 bits per heavy atom. The summed E-state index contributed by atoms with van der Waals surface area (Å²) in [4.78, 5) is 0.0898. The average molecular weight is 289 g/mol. The zero-order chi connectivity index (χ0) is 13.2. The number of sulfonamides is 1. The van der Waals surface area contributed by atoms with E-state index in [0.29, 0.717) is 18.2 Å². The van der Waals surface area contributed by atoms with Gasteiger partial charge in [0.25, 0.3) is 0 Å². The van der Waals surface area contributed by atoms with Gasteiger partial charge in [-0.2, -0.15) is 0 Å². The second-order valence-corrected chi connectivity index (χ2v) is 6.82. The van der Waals surface area contributed by atoms with Crippen molar-refractivity contribution >= 4 is 27.3 Å². The van der Waals surface area contributed by atoms with E-state index < -0.39 is 10.0 Å². The molecule has 0 atom stereocenters. The first kappa shape index (κ1) is 13.6. The minimum atomic E-state index is -3.53. The molecule has 1 fully saturated rings. The minimum absolute atomic E-state index is 0.0898. The fraction of sp³-hybridized carbons (Fsp3) is 0.500. The van der Waals surface area contributed by atoms with Crippen molar-refractivity contribution in [3.8, 4) is 0 Å². The summed E-state index contributed by atoms with van der Waals surface area (Å²) in [6.45, 7) is 0.466. The normalized spacial score (nSPS) is 16.5. The highest BCUT2D eigenvalue weighted by atomic mass is 35.5. The van der Waals surface area contributed by atoms with Crippen LogP contribution >= 0.6 is 11.6 Å². The van der Waals surface area contributed by atoms with Crippen molar-refractivity contribution in [3.05, 3.63) is 23.2 Å². The molecule has 1 aliphatic rings. The van der Waals surface area contributed by atoms with Crippen LogP contribution in [0.25, 0.3) is 0 Å². The molecule has 0 spiro atoms. The summed E-state index contributed by atoms with van der Waals surface area (Å²) in [5, 5.41) is 0.158. The van der Waals surface area contributed by atoms with E-state index >= 15 is 0 Å². The summed E-state index contributed by atoms with van der Waals surface area (Å²) < 4.78 is 26.6. The average Bonchev–Trinajstić information content (AvgIpc) is 2.21. The summed E-state index contributed by atoms with van der Waals surface area (Å²) in [5.41, 5.74) is 5.99. The van der Waals surface area contributed by atoms with Crippen molar-refractivity contribution in [2.75, 3.05) is 12.3 Å². The van der Waals surface area contributed by atoms with Gasteiger partial charge in [-0.15, -0.1) is 0 Å². The van der Waals surface area contributed by atoms with Gasteiger partial charge < -0.3 is 5.73 Å². The second kappa shape index (κ2) is 5.47. The maximum atomic E-state index is 12.0. The molecule has 6 heteroatoms. The van der Waals surface area contributed by atoms with Crippen LogP contribution in [0.15, 0.2) is 23.1 Å². The SMILES string of the molecule is Nc1ccc(S(=O)(=O)NCCC2CCC2)c(Cl)c1. The number of anilines is 1. The van der Waals surface area contributed by atoms with Crippen LogP contribution in [0.5, 0.6) is 0 Å². The molecule has 0 aliphatic heterocycles. The fourth-order valence-electron chi connectivity index (χ4n) is 1.99. The second-order valence-electron chi connectivity index (χ2n) is 4.67. The van der Waals surface area contributed by atoms with Crippen LogP contribution in [0.4, 0.5) is 5.69 Å². The van der Waals surface area contributed by atoms with E-state index in [9.17, 15) is 8.42 Å². The van der Waals surface area contributed by atoms with E-state index in [1.807, 2.05) is 0 Å². The molecule has 100 valence electrons. The lowest BCUT2D eigenvalue weighted by molar-refractivity contribution is 0.297. The van der Waals surface area contributed by atoms with Gasteiger partial charge in [-0.25, -0.2) is 13.1 Å². The highest BCUT2D eigenvalue weighted by Gasteiger charge is 2.20. The van der Waals surface area contributed by atoms with E-state index in [0.717, 1.165) is 6.42 Å².